The Hall–Kier alpha value is -0.570. The van der Waals surface area contributed by atoms with Gasteiger partial charge in [-0.3, -0.25) is 4.79 Å². The van der Waals surface area contributed by atoms with Gasteiger partial charge in [-0.15, -0.1) is 0 Å². The fourth-order valence-corrected chi connectivity index (χ4v) is 2.06. The van der Waals surface area contributed by atoms with E-state index in [1.54, 1.807) is 0 Å². The molecule has 0 radical (unpaired) electrons. The molecule has 0 aliphatic carbocycles. The van der Waals surface area contributed by atoms with Crippen molar-refractivity contribution in [3.63, 3.8) is 0 Å². The normalized spacial score (nSPS) is 23.7. The summed E-state index contributed by atoms with van der Waals surface area (Å²) in [6.45, 7) is 6.87. The van der Waals surface area contributed by atoms with Gasteiger partial charge in [0, 0.05) is 12.6 Å². The Bertz CT molecular complexity index is 196. The van der Waals surface area contributed by atoms with E-state index in [1.165, 1.54) is 0 Å². The van der Waals surface area contributed by atoms with Gasteiger partial charge in [-0.2, -0.15) is 0 Å². The van der Waals surface area contributed by atoms with Gasteiger partial charge in [0.25, 0.3) is 0 Å². The molecular formula is C10H19NO2. The fraction of sp³-hybridized carbons (Fsp3) is 0.900. The van der Waals surface area contributed by atoms with Crippen LogP contribution < -0.4 is 0 Å². The molecule has 1 fully saturated rings. The number of aliphatic hydroxyl groups is 1. The zero-order valence-electron chi connectivity index (χ0n) is 8.71. The van der Waals surface area contributed by atoms with Crippen molar-refractivity contribution >= 4 is 5.91 Å². The topological polar surface area (TPSA) is 40.5 Å². The number of rotatable bonds is 1. The maximum absolute atomic E-state index is 11.3. The highest BCUT2D eigenvalue weighted by molar-refractivity contribution is 5.77. The first-order valence-corrected chi connectivity index (χ1v) is 4.87. The highest BCUT2D eigenvalue weighted by Crippen LogP contribution is 2.32. The second-order valence-corrected chi connectivity index (χ2v) is 4.77. The summed E-state index contributed by atoms with van der Waals surface area (Å²) in [6.07, 6.45) is 2.13. The molecule has 1 N–H and O–H groups in total. The third kappa shape index (κ3) is 2.21. The largest absolute Gasteiger partial charge is 0.387 e. The second-order valence-electron chi connectivity index (χ2n) is 4.77. The van der Waals surface area contributed by atoms with E-state index < -0.39 is 0 Å². The van der Waals surface area contributed by atoms with Gasteiger partial charge in [0.15, 0.2) is 0 Å². The van der Waals surface area contributed by atoms with Crippen molar-refractivity contribution in [1.82, 2.24) is 4.90 Å². The first-order valence-electron chi connectivity index (χ1n) is 4.87. The summed E-state index contributed by atoms with van der Waals surface area (Å²) in [4.78, 5) is 13.2. The zero-order chi connectivity index (χ0) is 10.1. The van der Waals surface area contributed by atoms with Gasteiger partial charge in [-0.25, -0.2) is 0 Å². The van der Waals surface area contributed by atoms with Gasteiger partial charge in [0.1, 0.15) is 6.61 Å². The van der Waals surface area contributed by atoms with Crippen molar-refractivity contribution in [2.24, 2.45) is 5.41 Å². The first kappa shape index (κ1) is 10.5. The summed E-state index contributed by atoms with van der Waals surface area (Å²) >= 11 is 0. The van der Waals surface area contributed by atoms with Crippen LogP contribution in [0.3, 0.4) is 0 Å². The minimum atomic E-state index is -0.355. The zero-order valence-corrected chi connectivity index (χ0v) is 8.71. The molecule has 76 valence electrons. The molecule has 0 aromatic heterocycles. The molecule has 0 saturated carbocycles. The molecule has 1 rings (SSSR count). The summed E-state index contributed by atoms with van der Waals surface area (Å²) in [5.41, 5.74) is 0.126. The SMILES string of the molecule is CC(C)(C)C1CCCN1C(=O)CO. The summed E-state index contributed by atoms with van der Waals surface area (Å²) in [5.74, 6) is -0.127. The Labute approximate surface area is 79.7 Å². The standard InChI is InChI=1S/C10H19NO2/c1-10(2,3)8-5-4-6-11(8)9(13)7-12/h8,12H,4-7H2,1-3H3. The van der Waals surface area contributed by atoms with Gasteiger partial charge in [-0.1, -0.05) is 20.8 Å². The van der Waals surface area contributed by atoms with E-state index in [0.717, 1.165) is 19.4 Å². The Morgan fingerprint density at radius 1 is 1.54 bits per heavy atom. The van der Waals surface area contributed by atoms with E-state index in [4.69, 9.17) is 5.11 Å². The Balaban J connectivity index is 2.70. The molecule has 1 unspecified atom stereocenters. The Kier molecular flexibility index (Phi) is 2.96. The minimum Gasteiger partial charge on any atom is -0.387 e. The number of nitrogens with zero attached hydrogens (tertiary/aromatic N) is 1. The van der Waals surface area contributed by atoms with E-state index >= 15 is 0 Å². The quantitative estimate of drug-likeness (QED) is 0.662. The van der Waals surface area contributed by atoms with Crippen LogP contribution in [-0.4, -0.2) is 35.1 Å². The van der Waals surface area contributed by atoms with Gasteiger partial charge in [0.2, 0.25) is 5.91 Å². The molecule has 0 bridgehead atoms. The number of likely N-dealkylation sites (tertiary alicyclic amines) is 1. The van der Waals surface area contributed by atoms with Crippen LogP contribution >= 0.6 is 0 Å². The van der Waals surface area contributed by atoms with Crippen LogP contribution in [0.2, 0.25) is 0 Å². The average Bonchev–Trinajstić information content (AvgIpc) is 2.49. The number of hydrogen-bond donors (Lipinski definition) is 1. The predicted octanol–water partition coefficient (Wildman–Crippen LogP) is 1.02. The van der Waals surface area contributed by atoms with Gasteiger partial charge in [-0.05, 0) is 18.3 Å². The van der Waals surface area contributed by atoms with Gasteiger partial charge >= 0.3 is 0 Å². The second kappa shape index (κ2) is 3.66. The lowest BCUT2D eigenvalue weighted by Crippen LogP contribution is -2.44. The summed E-state index contributed by atoms with van der Waals surface area (Å²) in [7, 11) is 0. The molecule has 1 amide bonds. The summed E-state index contributed by atoms with van der Waals surface area (Å²) in [6, 6.07) is 0.298. The smallest absolute Gasteiger partial charge is 0.248 e. The Morgan fingerprint density at radius 3 is 2.62 bits per heavy atom. The lowest BCUT2D eigenvalue weighted by atomic mass is 9.85. The van der Waals surface area contributed by atoms with Crippen molar-refractivity contribution in [2.75, 3.05) is 13.2 Å². The molecule has 0 aromatic rings. The van der Waals surface area contributed by atoms with E-state index in [2.05, 4.69) is 20.8 Å². The molecule has 1 aliphatic heterocycles. The number of carbonyl (C=O) groups excluding carboxylic acids is 1. The van der Waals surface area contributed by atoms with Crippen LogP contribution in [0.4, 0.5) is 0 Å². The highest BCUT2D eigenvalue weighted by atomic mass is 16.3. The molecule has 1 atom stereocenters. The van der Waals surface area contributed by atoms with Crippen molar-refractivity contribution in [1.29, 1.82) is 0 Å². The molecule has 1 aliphatic rings. The van der Waals surface area contributed by atoms with Crippen molar-refractivity contribution in [2.45, 2.75) is 39.7 Å². The predicted molar refractivity (Wildman–Crippen MR) is 51.3 cm³/mol. The van der Waals surface area contributed by atoms with E-state index in [0.29, 0.717) is 6.04 Å². The van der Waals surface area contributed by atoms with Crippen LogP contribution in [0.1, 0.15) is 33.6 Å². The molecule has 3 heteroatoms. The van der Waals surface area contributed by atoms with Crippen molar-refractivity contribution < 1.29 is 9.90 Å². The molecule has 0 spiro atoms. The van der Waals surface area contributed by atoms with Crippen molar-refractivity contribution in [3.05, 3.63) is 0 Å². The Morgan fingerprint density at radius 2 is 2.15 bits per heavy atom. The van der Waals surface area contributed by atoms with Crippen molar-refractivity contribution in [3.8, 4) is 0 Å². The highest BCUT2D eigenvalue weighted by Gasteiger charge is 2.36. The number of amides is 1. The number of carbonyl (C=O) groups is 1. The van der Waals surface area contributed by atoms with Crippen LogP contribution in [0.5, 0.6) is 0 Å². The summed E-state index contributed by atoms with van der Waals surface area (Å²) in [5, 5.41) is 8.79. The lowest BCUT2D eigenvalue weighted by Gasteiger charge is -2.34. The molecule has 13 heavy (non-hydrogen) atoms. The summed E-state index contributed by atoms with van der Waals surface area (Å²) < 4.78 is 0. The van der Waals surface area contributed by atoms with Crippen LogP contribution in [0, 0.1) is 5.41 Å². The van der Waals surface area contributed by atoms with Gasteiger partial charge in [0.05, 0.1) is 0 Å². The molecule has 0 aromatic carbocycles. The number of aliphatic hydroxyl groups excluding tert-OH is 1. The monoisotopic (exact) mass is 185 g/mol. The van der Waals surface area contributed by atoms with Gasteiger partial charge < -0.3 is 10.0 Å². The van der Waals surface area contributed by atoms with E-state index in [-0.39, 0.29) is 17.9 Å². The van der Waals surface area contributed by atoms with E-state index in [1.807, 2.05) is 4.90 Å². The van der Waals surface area contributed by atoms with Crippen LogP contribution in [-0.2, 0) is 4.79 Å². The minimum absolute atomic E-state index is 0.126. The third-order valence-corrected chi connectivity index (χ3v) is 2.71. The van der Waals surface area contributed by atoms with Crippen LogP contribution in [0.25, 0.3) is 0 Å². The maximum atomic E-state index is 11.3. The molecular weight excluding hydrogens is 166 g/mol. The van der Waals surface area contributed by atoms with Crippen LogP contribution in [0.15, 0.2) is 0 Å². The average molecular weight is 185 g/mol. The first-order chi connectivity index (χ1) is 5.96. The molecule has 3 nitrogen and oxygen atoms in total. The number of hydrogen-bond acceptors (Lipinski definition) is 2. The van der Waals surface area contributed by atoms with E-state index in [9.17, 15) is 4.79 Å². The molecule has 1 saturated heterocycles. The third-order valence-electron chi connectivity index (χ3n) is 2.71. The maximum Gasteiger partial charge on any atom is 0.248 e. The lowest BCUT2D eigenvalue weighted by molar-refractivity contribution is -0.136. The molecule has 1 heterocycles. The fourth-order valence-electron chi connectivity index (χ4n) is 2.06.